The Morgan fingerprint density at radius 1 is 0.848 bits per heavy atom. The monoisotopic (exact) mass is 489 g/mol. The minimum Gasteiger partial charge on any atom is -0.480 e. The van der Waals surface area contributed by atoms with Crippen LogP contribution in [0.1, 0.15) is 124 Å². The number of carboxylic acids is 1. The van der Waals surface area contributed by atoms with Crippen LogP contribution in [0.3, 0.4) is 0 Å². The maximum Gasteiger partial charge on any atom is 0.327 e. The van der Waals surface area contributed by atoms with E-state index in [9.17, 15) is 19.8 Å². The van der Waals surface area contributed by atoms with Crippen molar-refractivity contribution in [1.82, 2.24) is 5.32 Å². The molecule has 0 fully saturated rings. The molecule has 7 heteroatoms. The molecular formula is C26H51NO5S. The van der Waals surface area contributed by atoms with Gasteiger partial charge in [0.2, 0.25) is 5.91 Å². The van der Waals surface area contributed by atoms with Gasteiger partial charge in [0.1, 0.15) is 11.0 Å². The summed E-state index contributed by atoms with van der Waals surface area (Å²) < 4.78 is 5.44. The molecule has 196 valence electrons. The number of nitrogens with one attached hydrogen (secondary N) is 1. The van der Waals surface area contributed by atoms with E-state index < -0.39 is 16.9 Å². The van der Waals surface area contributed by atoms with Gasteiger partial charge in [-0.05, 0) is 19.8 Å². The number of carboxylic acid groups (broad SMARTS) is 1. The first-order chi connectivity index (χ1) is 15.8. The summed E-state index contributed by atoms with van der Waals surface area (Å²) in [6.07, 6.45) is 18.5. The Labute approximate surface area is 207 Å². The van der Waals surface area contributed by atoms with Crippen molar-refractivity contribution in [2.24, 2.45) is 0 Å². The number of carbonyl (C=O) groups excluding carboxylic acids is 1. The van der Waals surface area contributed by atoms with Gasteiger partial charge in [-0.15, -0.1) is 11.8 Å². The quantitative estimate of drug-likeness (QED) is 0.109. The molecule has 0 heterocycles. The number of unbranched alkanes of at least 4 members (excludes halogenated alkanes) is 13. The van der Waals surface area contributed by atoms with Gasteiger partial charge in [-0.1, -0.05) is 97.3 Å². The van der Waals surface area contributed by atoms with Crippen LogP contribution in [0, 0.1) is 0 Å². The molecule has 0 saturated heterocycles. The summed E-state index contributed by atoms with van der Waals surface area (Å²) in [5.41, 5.74) is 0. The number of rotatable bonds is 24. The third kappa shape index (κ3) is 21.5. The highest BCUT2D eigenvalue weighted by molar-refractivity contribution is 8.00. The molecule has 0 radical (unpaired) electrons. The standard InChI is InChI=1S/C26H51NO5S/c1-4-6-8-9-10-11-12-13-14-15-16-17-18-19-24(28)27-23(25(29)30)21-33-26(3,31)22-32-20-7-5-2/h23,31H,4-22H2,1-3H3,(H,27,28)(H,29,30)/t23-,26?/m0/s1. The van der Waals surface area contributed by atoms with Gasteiger partial charge in [0.25, 0.3) is 0 Å². The zero-order chi connectivity index (χ0) is 24.8. The van der Waals surface area contributed by atoms with Crippen LogP contribution in [0.5, 0.6) is 0 Å². The van der Waals surface area contributed by atoms with Crippen LogP contribution in [0.4, 0.5) is 0 Å². The van der Waals surface area contributed by atoms with E-state index in [4.69, 9.17) is 4.74 Å². The van der Waals surface area contributed by atoms with E-state index in [-0.39, 0.29) is 18.3 Å². The second-order valence-electron chi connectivity index (χ2n) is 9.34. The summed E-state index contributed by atoms with van der Waals surface area (Å²) in [6.45, 7) is 6.63. The van der Waals surface area contributed by atoms with Gasteiger partial charge < -0.3 is 20.3 Å². The van der Waals surface area contributed by atoms with Crippen molar-refractivity contribution >= 4 is 23.6 Å². The second kappa shape index (κ2) is 21.7. The number of hydrogen-bond acceptors (Lipinski definition) is 5. The SMILES string of the molecule is CCCCCCCCCCCCCCCC(=O)N[C@@H](CSC(C)(O)COCCCC)C(=O)O. The molecular weight excluding hydrogens is 438 g/mol. The highest BCUT2D eigenvalue weighted by Gasteiger charge is 2.27. The van der Waals surface area contributed by atoms with Crippen molar-refractivity contribution in [3.8, 4) is 0 Å². The Bertz CT molecular complexity index is 487. The lowest BCUT2D eigenvalue weighted by molar-refractivity contribution is -0.141. The van der Waals surface area contributed by atoms with E-state index in [2.05, 4.69) is 19.2 Å². The fourth-order valence-corrected chi connectivity index (χ4v) is 4.48. The number of ether oxygens (including phenoxy) is 1. The van der Waals surface area contributed by atoms with Gasteiger partial charge in [0.05, 0.1) is 6.61 Å². The summed E-state index contributed by atoms with van der Waals surface area (Å²) in [4.78, 5) is 22.5. The molecule has 0 aromatic carbocycles. The lowest BCUT2D eigenvalue weighted by Crippen LogP contribution is -2.44. The predicted octanol–water partition coefficient (Wildman–Crippen LogP) is 6.30. The van der Waals surface area contributed by atoms with Crippen molar-refractivity contribution < 1.29 is 24.5 Å². The average Bonchev–Trinajstić information content (AvgIpc) is 2.77. The largest absolute Gasteiger partial charge is 0.480 e. The minimum absolute atomic E-state index is 0.101. The number of aliphatic carboxylic acids is 1. The number of amides is 1. The molecule has 0 aliphatic heterocycles. The Kier molecular flexibility index (Phi) is 21.2. The number of aliphatic hydroxyl groups is 1. The predicted molar refractivity (Wildman–Crippen MR) is 139 cm³/mol. The van der Waals surface area contributed by atoms with E-state index in [1.54, 1.807) is 6.92 Å². The molecule has 0 saturated carbocycles. The van der Waals surface area contributed by atoms with E-state index >= 15 is 0 Å². The van der Waals surface area contributed by atoms with Gasteiger partial charge >= 0.3 is 5.97 Å². The number of thioether (sulfide) groups is 1. The first-order valence-electron chi connectivity index (χ1n) is 13.3. The number of carbonyl (C=O) groups is 2. The van der Waals surface area contributed by atoms with Crippen molar-refractivity contribution in [2.75, 3.05) is 19.0 Å². The molecule has 1 unspecified atom stereocenters. The van der Waals surface area contributed by atoms with Gasteiger partial charge in [0, 0.05) is 18.8 Å². The van der Waals surface area contributed by atoms with Gasteiger partial charge in [0.15, 0.2) is 0 Å². The Hall–Kier alpha value is -0.790. The van der Waals surface area contributed by atoms with Gasteiger partial charge in [-0.3, -0.25) is 4.79 Å². The topological polar surface area (TPSA) is 95.9 Å². The summed E-state index contributed by atoms with van der Waals surface area (Å²) in [5.74, 6) is -1.21. The van der Waals surface area contributed by atoms with Crippen LogP contribution in [0.25, 0.3) is 0 Å². The van der Waals surface area contributed by atoms with Crippen LogP contribution < -0.4 is 5.32 Å². The number of hydrogen-bond donors (Lipinski definition) is 3. The molecule has 0 aliphatic carbocycles. The van der Waals surface area contributed by atoms with Crippen LogP contribution in [-0.4, -0.2) is 52.0 Å². The van der Waals surface area contributed by atoms with E-state index in [0.29, 0.717) is 13.0 Å². The minimum atomic E-state index is -1.18. The summed E-state index contributed by atoms with van der Waals surface area (Å²) >= 11 is 1.10. The fraction of sp³-hybridized carbons (Fsp3) is 0.923. The zero-order valence-corrected chi connectivity index (χ0v) is 22.4. The van der Waals surface area contributed by atoms with Crippen LogP contribution >= 0.6 is 11.8 Å². The van der Waals surface area contributed by atoms with Crippen molar-refractivity contribution in [3.05, 3.63) is 0 Å². The third-order valence-electron chi connectivity index (χ3n) is 5.71. The summed E-state index contributed by atoms with van der Waals surface area (Å²) in [5, 5.41) is 22.4. The van der Waals surface area contributed by atoms with E-state index in [0.717, 1.165) is 43.9 Å². The highest BCUT2D eigenvalue weighted by atomic mass is 32.2. The zero-order valence-electron chi connectivity index (χ0n) is 21.5. The second-order valence-corrected chi connectivity index (χ2v) is 10.8. The molecule has 0 bridgehead atoms. The Morgan fingerprint density at radius 2 is 1.33 bits per heavy atom. The van der Waals surface area contributed by atoms with Gasteiger partial charge in [-0.2, -0.15) is 0 Å². The average molecular weight is 490 g/mol. The smallest absolute Gasteiger partial charge is 0.327 e. The molecule has 0 aliphatic rings. The molecule has 33 heavy (non-hydrogen) atoms. The first kappa shape index (κ1) is 32.2. The summed E-state index contributed by atoms with van der Waals surface area (Å²) in [6, 6.07) is -1.01. The lowest BCUT2D eigenvalue weighted by Gasteiger charge is -2.24. The first-order valence-corrected chi connectivity index (χ1v) is 14.3. The molecule has 6 nitrogen and oxygen atoms in total. The van der Waals surface area contributed by atoms with Crippen LogP contribution in [0.2, 0.25) is 0 Å². The van der Waals surface area contributed by atoms with Crippen LogP contribution in [0.15, 0.2) is 0 Å². The highest BCUT2D eigenvalue weighted by Crippen LogP contribution is 2.23. The van der Waals surface area contributed by atoms with Crippen molar-refractivity contribution in [2.45, 2.75) is 134 Å². The van der Waals surface area contributed by atoms with E-state index in [1.165, 1.54) is 64.2 Å². The fourth-order valence-electron chi connectivity index (χ4n) is 3.56. The molecule has 2 atom stereocenters. The molecule has 0 spiro atoms. The molecule has 0 aromatic heterocycles. The van der Waals surface area contributed by atoms with Gasteiger partial charge in [-0.25, -0.2) is 4.79 Å². The lowest BCUT2D eigenvalue weighted by atomic mass is 10.0. The molecule has 1 amide bonds. The normalized spacial score (nSPS) is 14.1. The van der Waals surface area contributed by atoms with Crippen molar-refractivity contribution in [3.63, 3.8) is 0 Å². The Balaban J connectivity index is 3.81. The third-order valence-corrected chi connectivity index (χ3v) is 6.95. The van der Waals surface area contributed by atoms with Crippen LogP contribution in [-0.2, 0) is 14.3 Å². The molecule has 0 aromatic rings. The maximum absolute atomic E-state index is 12.2. The summed E-state index contributed by atoms with van der Waals surface area (Å²) in [7, 11) is 0. The van der Waals surface area contributed by atoms with Crippen molar-refractivity contribution in [1.29, 1.82) is 0 Å². The maximum atomic E-state index is 12.2. The Morgan fingerprint density at radius 3 is 1.82 bits per heavy atom. The molecule has 3 N–H and O–H groups in total. The van der Waals surface area contributed by atoms with E-state index in [1.807, 2.05) is 0 Å². The molecule has 0 rings (SSSR count).